The first-order valence-corrected chi connectivity index (χ1v) is 6.08. The number of carbonyl (C=O) groups excluding carboxylic acids is 1. The van der Waals surface area contributed by atoms with E-state index in [4.69, 9.17) is 4.74 Å². The van der Waals surface area contributed by atoms with Crippen molar-refractivity contribution in [1.29, 1.82) is 0 Å². The van der Waals surface area contributed by atoms with E-state index in [1.165, 1.54) is 0 Å². The zero-order valence-electron chi connectivity index (χ0n) is 11.1. The Morgan fingerprint density at radius 2 is 1.94 bits per heavy atom. The van der Waals surface area contributed by atoms with Crippen molar-refractivity contribution in [2.75, 3.05) is 0 Å². The largest absolute Gasteiger partial charge is 0.444 e. The molecule has 0 saturated carbocycles. The highest BCUT2D eigenvalue weighted by atomic mass is 16.6. The standard InChI is InChI=1S/C14H21NO3/c1-14(2,3)18-13(17)15-12(16)10-9-11-7-5-4-6-8-11/h4-8,12,16H,9-10H2,1-3H3,(H,15,17)/t12-/m0/s1. The summed E-state index contributed by atoms with van der Waals surface area (Å²) in [7, 11) is 0. The summed E-state index contributed by atoms with van der Waals surface area (Å²) in [5, 5.41) is 12.1. The molecule has 4 heteroatoms. The second-order valence-electron chi connectivity index (χ2n) is 5.19. The molecule has 100 valence electrons. The molecule has 0 unspecified atom stereocenters. The number of benzene rings is 1. The van der Waals surface area contributed by atoms with Crippen LogP contribution in [0.15, 0.2) is 30.3 Å². The fraction of sp³-hybridized carbons (Fsp3) is 0.500. The summed E-state index contributed by atoms with van der Waals surface area (Å²) in [6.45, 7) is 5.34. The lowest BCUT2D eigenvalue weighted by Gasteiger charge is -2.21. The number of ether oxygens (including phenoxy) is 1. The number of aliphatic hydroxyl groups is 1. The molecule has 1 atom stereocenters. The number of nitrogens with one attached hydrogen (secondary N) is 1. The minimum absolute atomic E-state index is 0.462. The molecular weight excluding hydrogens is 230 g/mol. The topological polar surface area (TPSA) is 58.6 Å². The second kappa shape index (κ2) is 6.40. The summed E-state index contributed by atoms with van der Waals surface area (Å²) in [4.78, 5) is 11.4. The first-order valence-electron chi connectivity index (χ1n) is 6.08. The van der Waals surface area contributed by atoms with Crippen LogP contribution in [0.1, 0.15) is 32.8 Å². The maximum atomic E-state index is 11.4. The number of rotatable bonds is 4. The Labute approximate surface area is 108 Å². The van der Waals surface area contributed by atoms with E-state index in [1.54, 1.807) is 20.8 Å². The van der Waals surface area contributed by atoms with Crippen molar-refractivity contribution in [1.82, 2.24) is 5.32 Å². The van der Waals surface area contributed by atoms with Gasteiger partial charge in [-0.25, -0.2) is 4.79 Å². The molecule has 0 aliphatic heterocycles. The monoisotopic (exact) mass is 251 g/mol. The van der Waals surface area contributed by atoms with Gasteiger partial charge in [-0.2, -0.15) is 0 Å². The van der Waals surface area contributed by atoms with Crippen LogP contribution in [0.5, 0.6) is 0 Å². The summed E-state index contributed by atoms with van der Waals surface area (Å²) in [5.41, 5.74) is 0.575. The van der Waals surface area contributed by atoms with E-state index in [0.717, 1.165) is 5.56 Å². The molecule has 0 radical (unpaired) electrons. The van der Waals surface area contributed by atoms with Crippen molar-refractivity contribution in [3.05, 3.63) is 35.9 Å². The fourth-order valence-corrected chi connectivity index (χ4v) is 1.46. The molecule has 1 rings (SSSR count). The first-order chi connectivity index (χ1) is 8.37. The Hall–Kier alpha value is -1.55. The zero-order valence-corrected chi connectivity index (χ0v) is 11.1. The number of aliphatic hydroxyl groups excluding tert-OH is 1. The number of aryl methyl sites for hydroxylation is 1. The Morgan fingerprint density at radius 1 is 1.33 bits per heavy atom. The highest BCUT2D eigenvalue weighted by Gasteiger charge is 2.18. The molecule has 1 aromatic rings. The lowest BCUT2D eigenvalue weighted by atomic mass is 10.1. The molecule has 18 heavy (non-hydrogen) atoms. The first kappa shape index (κ1) is 14.5. The highest BCUT2D eigenvalue weighted by molar-refractivity contribution is 5.67. The Bertz CT molecular complexity index is 370. The van der Waals surface area contributed by atoms with E-state index in [-0.39, 0.29) is 0 Å². The quantitative estimate of drug-likeness (QED) is 0.808. The Balaban J connectivity index is 2.29. The van der Waals surface area contributed by atoms with Crippen LogP contribution in [-0.4, -0.2) is 23.0 Å². The molecule has 0 aliphatic carbocycles. The molecule has 0 spiro atoms. The average Bonchev–Trinajstić information content (AvgIpc) is 2.25. The third kappa shape index (κ3) is 6.25. The van der Waals surface area contributed by atoms with Crippen LogP contribution in [0, 0.1) is 0 Å². The van der Waals surface area contributed by atoms with Crippen molar-refractivity contribution in [3.8, 4) is 0 Å². The minimum Gasteiger partial charge on any atom is -0.444 e. The second-order valence-corrected chi connectivity index (χ2v) is 5.19. The van der Waals surface area contributed by atoms with Gasteiger partial charge in [-0.3, -0.25) is 5.32 Å². The van der Waals surface area contributed by atoms with Crippen molar-refractivity contribution >= 4 is 6.09 Å². The lowest BCUT2D eigenvalue weighted by molar-refractivity contribution is 0.0345. The predicted molar refractivity (Wildman–Crippen MR) is 70.1 cm³/mol. The maximum absolute atomic E-state index is 11.4. The van der Waals surface area contributed by atoms with Gasteiger partial charge < -0.3 is 9.84 Å². The molecule has 0 saturated heterocycles. The molecule has 0 aromatic heterocycles. The van der Waals surface area contributed by atoms with Gasteiger partial charge in [0.15, 0.2) is 0 Å². The molecule has 1 amide bonds. The van der Waals surface area contributed by atoms with Gasteiger partial charge in [0.25, 0.3) is 0 Å². The van der Waals surface area contributed by atoms with E-state index >= 15 is 0 Å². The molecule has 0 aliphatic rings. The number of amides is 1. The molecule has 0 fully saturated rings. The number of hydrogen-bond donors (Lipinski definition) is 2. The van der Waals surface area contributed by atoms with Crippen LogP contribution in [0.4, 0.5) is 4.79 Å². The highest BCUT2D eigenvalue weighted by Crippen LogP contribution is 2.08. The van der Waals surface area contributed by atoms with Gasteiger partial charge in [-0.1, -0.05) is 30.3 Å². The van der Waals surface area contributed by atoms with Crippen LogP contribution < -0.4 is 5.32 Å². The van der Waals surface area contributed by atoms with Crippen molar-refractivity contribution in [2.24, 2.45) is 0 Å². The molecular formula is C14H21NO3. The number of hydrogen-bond acceptors (Lipinski definition) is 3. The summed E-state index contributed by atoms with van der Waals surface area (Å²) in [5.74, 6) is 0. The van der Waals surface area contributed by atoms with Crippen LogP contribution in [0.3, 0.4) is 0 Å². The van der Waals surface area contributed by atoms with Gasteiger partial charge in [0.2, 0.25) is 0 Å². The van der Waals surface area contributed by atoms with E-state index in [0.29, 0.717) is 12.8 Å². The van der Waals surface area contributed by atoms with Gasteiger partial charge in [0.1, 0.15) is 11.8 Å². The lowest BCUT2D eigenvalue weighted by Crippen LogP contribution is -2.39. The number of alkyl carbamates (subject to hydrolysis) is 1. The summed E-state index contributed by atoms with van der Waals surface area (Å²) in [6.07, 6.45) is -0.316. The molecule has 4 nitrogen and oxygen atoms in total. The number of carbonyl (C=O) groups is 1. The summed E-state index contributed by atoms with van der Waals surface area (Å²) in [6, 6.07) is 9.81. The van der Waals surface area contributed by atoms with Gasteiger partial charge in [0.05, 0.1) is 0 Å². The van der Waals surface area contributed by atoms with Crippen molar-refractivity contribution in [2.45, 2.75) is 45.4 Å². The molecule has 0 heterocycles. The van der Waals surface area contributed by atoms with Crippen molar-refractivity contribution in [3.63, 3.8) is 0 Å². The summed E-state index contributed by atoms with van der Waals surface area (Å²) >= 11 is 0. The smallest absolute Gasteiger partial charge is 0.409 e. The molecule has 0 bridgehead atoms. The van der Waals surface area contributed by atoms with Crippen LogP contribution >= 0.6 is 0 Å². The maximum Gasteiger partial charge on any atom is 0.409 e. The van der Waals surface area contributed by atoms with Crippen LogP contribution in [-0.2, 0) is 11.2 Å². The van der Waals surface area contributed by atoms with E-state index < -0.39 is 17.9 Å². The van der Waals surface area contributed by atoms with E-state index in [1.807, 2.05) is 30.3 Å². The third-order valence-corrected chi connectivity index (χ3v) is 2.23. The van der Waals surface area contributed by atoms with Gasteiger partial charge in [-0.05, 0) is 39.2 Å². The SMILES string of the molecule is CC(C)(C)OC(=O)N[C@@H](O)CCc1ccccc1. The zero-order chi connectivity index (χ0) is 13.6. The fourth-order valence-electron chi connectivity index (χ4n) is 1.46. The molecule has 1 aromatic carbocycles. The van der Waals surface area contributed by atoms with E-state index in [9.17, 15) is 9.90 Å². The normalized spacial score (nSPS) is 12.9. The molecule has 2 N–H and O–H groups in total. The van der Waals surface area contributed by atoms with Crippen LogP contribution in [0.25, 0.3) is 0 Å². The summed E-state index contributed by atoms with van der Waals surface area (Å²) < 4.78 is 5.05. The van der Waals surface area contributed by atoms with Crippen LogP contribution in [0.2, 0.25) is 0 Å². The minimum atomic E-state index is -0.889. The third-order valence-electron chi connectivity index (χ3n) is 2.23. The Kier molecular flexibility index (Phi) is 5.16. The predicted octanol–water partition coefficient (Wildman–Crippen LogP) is 2.46. The van der Waals surface area contributed by atoms with Gasteiger partial charge >= 0.3 is 6.09 Å². The Morgan fingerprint density at radius 3 is 2.50 bits per heavy atom. The van der Waals surface area contributed by atoms with Gasteiger partial charge in [-0.15, -0.1) is 0 Å². The average molecular weight is 251 g/mol. The van der Waals surface area contributed by atoms with Gasteiger partial charge in [0, 0.05) is 0 Å². The van der Waals surface area contributed by atoms with E-state index in [2.05, 4.69) is 5.32 Å². The van der Waals surface area contributed by atoms with Crippen molar-refractivity contribution < 1.29 is 14.6 Å².